The first kappa shape index (κ1) is 18.0. The summed E-state index contributed by atoms with van der Waals surface area (Å²) in [5.74, 6) is 0.202. The zero-order chi connectivity index (χ0) is 17.8. The summed E-state index contributed by atoms with van der Waals surface area (Å²) in [6.45, 7) is 4.02. The molecule has 0 radical (unpaired) electrons. The molecule has 0 bridgehead atoms. The molecule has 128 valence electrons. The molecule has 6 heteroatoms. The first-order valence-electron chi connectivity index (χ1n) is 7.72. The average Bonchev–Trinajstić information content (AvgIpc) is 3.05. The van der Waals surface area contributed by atoms with Crippen molar-refractivity contribution in [2.24, 2.45) is 0 Å². The predicted molar refractivity (Wildman–Crippen MR) is 108 cm³/mol. The van der Waals surface area contributed by atoms with Crippen LogP contribution < -0.4 is 5.32 Å². The molecule has 0 spiro atoms. The van der Waals surface area contributed by atoms with E-state index in [-0.39, 0.29) is 5.91 Å². The maximum Gasteiger partial charge on any atom is 0.234 e. The highest BCUT2D eigenvalue weighted by atomic mass is 35.5. The molecular formula is C19H17ClN2OS2. The zero-order valence-electron chi connectivity index (χ0n) is 13.9. The maximum atomic E-state index is 12.1. The highest BCUT2D eigenvalue weighted by Gasteiger charge is 2.10. The van der Waals surface area contributed by atoms with Crippen molar-refractivity contribution in [1.82, 2.24) is 4.98 Å². The van der Waals surface area contributed by atoms with Crippen LogP contribution in [0.4, 0.5) is 5.69 Å². The molecule has 0 saturated carbocycles. The molecule has 0 aliphatic carbocycles. The first-order valence-corrected chi connectivity index (χ1v) is 9.97. The molecule has 3 rings (SSSR count). The molecule has 1 amide bonds. The Kier molecular flexibility index (Phi) is 5.78. The van der Waals surface area contributed by atoms with Gasteiger partial charge in [0.15, 0.2) is 4.34 Å². The molecule has 0 aliphatic rings. The van der Waals surface area contributed by atoms with E-state index in [0.29, 0.717) is 16.5 Å². The monoisotopic (exact) mass is 388 g/mol. The van der Waals surface area contributed by atoms with E-state index >= 15 is 0 Å². The van der Waals surface area contributed by atoms with Crippen LogP contribution in [0.3, 0.4) is 0 Å². The molecule has 1 aromatic heterocycles. The molecule has 0 saturated heterocycles. The second kappa shape index (κ2) is 8.04. The lowest BCUT2D eigenvalue weighted by Gasteiger charge is -2.07. The number of thiazole rings is 1. The Labute approximate surface area is 160 Å². The summed E-state index contributed by atoms with van der Waals surface area (Å²) >= 11 is 9.12. The van der Waals surface area contributed by atoms with Gasteiger partial charge in [-0.3, -0.25) is 4.79 Å². The second-order valence-electron chi connectivity index (χ2n) is 5.68. The number of halogens is 1. The van der Waals surface area contributed by atoms with E-state index in [1.165, 1.54) is 17.3 Å². The fourth-order valence-electron chi connectivity index (χ4n) is 2.22. The van der Waals surface area contributed by atoms with Gasteiger partial charge in [0, 0.05) is 10.9 Å². The summed E-state index contributed by atoms with van der Waals surface area (Å²) < 4.78 is 0.876. The minimum Gasteiger partial charge on any atom is -0.324 e. The Morgan fingerprint density at radius 1 is 1.16 bits per heavy atom. The number of carbonyl (C=O) groups excluding carboxylic acids is 1. The Balaban J connectivity index is 1.58. The molecule has 3 aromatic rings. The number of nitrogens with one attached hydrogen (secondary N) is 1. The summed E-state index contributed by atoms with van der Waals surface area (Å²) in [5.41, 5.74) is 4.94. The van der Waals surface area contributed by atoms with Gasteiger partial charge < -0.3 is 5.32 Å². The number of thioether (sulfide) groups is 1. The van der Waals surface area contributed by atoms with Gasteiger partial charge in [0.1, 0.15) is 0 Å². The normalized spacial score (nSPS) is 10.7. The predicted octanol–water partition coefficient (Wildman–Crippen LogP) is 5.81. The van der Waals surface area contributed by atoms with Crippen LogP contribution in [0.5, 0.6) is 0 Å². The van der Waals surface area contributed by atoms with Gasteiger partial charge in [-0.25, -0.2) is 4.98 Å². The van der Waals surface area contributed by atoms with Gasteiger partial charge in [-0.1, -0.05) is 59.3 Å². The molecule has 0 unspecified atom stereocenters. The van der Waals surface area contributed by atoms with Crippen molar-refractivity contribution in [3.63, 3.8) is 0 Å². The zero-order valence-corrected chi connectivity index (χ0v) is 16.3. The van der Waals surface area contributed by atoms with Crippen molar-refractivity contribution in [3.05, 3.63) is 64.0 Å². The fraction of sp³-hybridized carbons (Fsp3) is 0.158. The van der Waals surface area contributed by atoms with E-state index in [2.05, 4.69) is 41.5 Å². The number of rotatable bonds is 5. The third kappa shape index (κ3) is 4.84. The van der Waals surface area contributed by atoms with E-state index in [4.69, 9.17) is 11.6 Å². The quantitative estimate of drug-likeness (QED) is 0.560. The average molecular weight is 389 g/mol. The summed E-state index contributed by atoms with van der Waals surface area (Å²) in [4.78, 5) is 16.7. The van der Waals surface area contributed by atoms with Crippen LogP contribution in [0.1, 0.15) is 11.1 Å². The van der Waals surface area contributed by atoms with Crippen molar-refractivity contribution in [3.8, 4) is 11.3 Å². The number of hydrogen-bond donors (Lipinski definition) is 1. The fourth-order valence-corrected chi connectivity index (χ4v) is 4.13. The molecule has 1 heterocycles. The van der Waals surface area contributed by atoms with Crippen LogP contribution in [0.25, 0.3) is 11.3 Å². The summed E-state index contributed by atoms with van der Waals surface area (Å²) in [5, 5.41) is 5.40. The molecule has 0 aliphatic heterocycles. The third-order valence-electron chi connectivity index (χ3n) is 3.56. The number of aryl methyl sites for hydroxylation is 2. The molecular weight excluding hydrogens is 372 g/mol. The first-order chi connectivity index (χ1) is 12.0. The number of benzene rings is 2. The van der Waals surface area contributed by atoms with Crippen LogP contribution in [0.2, 0.25) is 5.02 Å². The molecule has 0 fully saturated rings. The van der Waals surface area contributed by atoms with Gasteiger partial charge in [-0.05, 0) is 31.5 Å². The van der Waals surface area contributed by atoms with E-state index < -0.39 is 0 Å². The summed E-state index contributed by atoms with van der Waals surface area (Å²) in [7, 11) is 0. The van der Waals surface area contributed by atoms with Crippen LogP contribution in [0, 0.1) is 13.8 Å². The lowest BCUT2D eigenvalue weighted by molar-refractivity contribution is -0.113. The number of aromatic nitrogens is 1. The van der Waals surface area contributed by atoms with Gasteiger partial charge >= 0.3 is 0 Å². The van der Waals surface area contributed by atoms with Crippen molar-refractivity contribution in [2.75, 3.05) is 11.1 Å². The van der Waals surface area contributed by atoms with Crippen LogP contribution >= 0.6 is 34.7 Å². The van der Waals surface area contributed by atoms with Crippen molar-refractivity contribution < 1.29 is 4.79 Å². The second-order valence-corrected chi connectivity index (χ2v) is 8.17. The Morgan fingerprint density at radius 3 is 2.60 bits per heavy atom. The summed E-state index contributed by atoms with van der Waals surface area (Å²) in [6.07, 6.45) is 0. The Morgan fingerprint density at radius 2 is 1.88 bits per heavy atom. The Bertz CT molecular complexity index is 891. The van der Waals surface area contributed by atoms with E-state index in [0.717, 1.165) is 21.2 Å². The SMILES string of the molecule is Cc1ccc(-c2csc(SCC(=O)Nc3ccc(C)cc3Cl)n2)cc1. The van der Waals surface area contributed by atoms with Gasteiger partial charge in [0.2, 0.25) is 5.91 Å². The Hall–Kier alpha value is -1.82. The molecule has 0 atom stereocenters. The highest BCUT2D eigenvalue weighted by Crippen LogP contribution is 2.29. The maximum absolute atomic E-state index is 12.1. The van der Waals surface area contributed by atoms with E-state index in [1.807, 2.05) is 30.5 Å². The number of nitrogens with zero attached hydrogens (tertiary/aromatic N) is 1. The van der Waals surface area contributed by atoms with Gasteiger partial charge in [-0.2, -0.15) is 0 Å². The smallest absolute Gasteiger partial charge is 0.234 e. The largest absolute Gasteiger partial charge is 0.324 e. The van der Waals surface area contributed by atoms with Crippen molar-refractivity contribution >= 4 is 46.3 Å². The number of anilines is 1. The van der Waals surface area contributed by atoms with Crippen LogP contribution in [-0.2, 0) is 4.79 Å². The number of amides is 1. The minimum atomic E-state index is -0.0946. The van der Waals surface area contributed by atoms with E-state index in [1.54, 1.807) is 11.3 Å². The molecule has 2 aromatic carbocycles. The lowest BCUT2D eigenvalue weighted by Crippen LogP contribution is -2.14. The standard InChI is InChI=1S/C19H17ClN2OS2/c1-12-3-6-14(7-4-12)17-10-24-19(22-17)25-11-18(23)21-16-8-5-13(2)9-15(16)20/h3-10H,11H2,1-2H3,(H,21,23). The molecule has 1 N–H and O–H groups in total. The third-order valence-corrected chi connectivity index (χ3v) is 5.89. The number of carbonyl (C=O) groups is 1. The van der Waals surface area contributed by atoms with Crippen LogP contribution in [-0.4, -0.2) is 16.6 Å². The van der Waals surface area contributed by atoms with E-state index in [9.17, 15) is 4.79 Å². The molecule has 25 heavy (non-hydrogen) atoms. The minimum absolute atomic E-state index is 0.0946. The number of hydrogen-bond acceptors (Lipinski definition) is 4. The van der Waals surface area contributed by atoms with Crippen LogP contribution in [0.15, 0.2) is 52.2 Å². The van der Waals surface area contributed by atoms with Gasteiger partial charge in [0.25, 0.3) is 0 Å². The molecule has 3 nitrogen and oxygen atoms in total. The summed E-state index contributed by atoms with van der Waals surface area (Å²) in [6, 6.07) is 13.8. The highest BCUT2D eigenvalue weighted by molar-refractivity contribution is 8.01. The van der Waals surface area contributed by atoms with Crippen molar-refractivity contribution in [1.29, 1.82) is 0 Å². The van der Waals surface area contributed by atoms with Crippen molar-refractivity contribution in [2.45, 2.75) is 18.2 Å². The lowest BCUT2D eigenvalue weighted by atomic mass is 10.1. The van der Waals surface area contributed by atoms with Gasteiger partial charge in [0.05, 0.1) is 22.2 Å². The topological polar surface area (TPSA) is 42.0 Å². The van der Waals surface area contributed by atoms with Gasteiger partial charge in [-0.15, -0.1) is 11.3 Å².